The minimum atomic E-state index is -0.205. The fourth-order valence-electron chi connectivity index (χ4n) is 16.9. The molecule has 34 nitrogen and oxygen atoms in total. The highest BCUT2D eigenvalue weighted by Crippen LogP contribution is 2.38. The zero-order valence-corrected chi connectivity index (χ0v) is 81.1. The van der Waals surface area contributed by atoms with E-state index in [4.69, 9.17) is 19.3 Å². The maximum Gasteiger partial charge on any atom is 0.156 e. The number of imidazole rings is 6. The van der Waals surface area contributed by atoms with Crippen LogP contribution in [-0.2, 0) is 46.2 Å². The van der Waals surface area contributed by atoms with Crippen molar-refractivity contribution in [3.05, 3.63) is 339 Å². The van der Waals surface area contributed by atoms with Crippen LogP contribution < -0.4 is 14.2 Å². The molecule has 0 bridgehead atoms. The summed E-state index contributed by atoms with van der Waals surface area (Å²) >= 11 is 0. The molecule has 0 radical (unpaired) electrons. The second kappa shape index (κ2) is 43.1. The molecule has 19 N–H and O–H groups in total. The number of aliphatic hydroxyl groups excluding tert-OH is 7. The first kappa shape index (κ1) is 96.7. The number of benzene rings is 12. The zero-order chi connectivity index (χ0) is 101. The van der Waals surface area contributed by atoms with Crippen molar-refractivity contribution < 1.29 is 50.0 Å². The van der Waals surface area contributed by atoms with Crippen molar-refractivity contribution in [2.75, 3.05) is 21.3 Å². The summed E-state index contributed by atoms with van der Waals surface area (Å²) in [4.78, 5) is 47.5. The number of hydrogen-bond donors (Lipinski definition) is 19. The van der Waals surface area contributed by atoms with Crippen molar-refractivity contribution in [1.82, 2.24) is 121 Å². The number of hydrogen-bond acceptors (Lipinski definition) is 22. The first-order chi connectivity index (χ1) is 71.1. The van der Waals surface area contributed by atoms with Gasteiger partial charge in [0.15, 0.2) is 34.9 Å². The van der Waals surface area contributed by atoms with Gasteiger partial charge in [-0.15, -0.1) is 0 Å². The second-order valence-corrected chi connectivity index (χ2v) is 35.2. The fraction of sp³-hybridized carbons (Fsp3) is 0.143. The van der Waals surface area contributed by atoms with Crippen molar-refractivity contribution in [2.24, 2.45) is 0 Å². The lowest BCUT2D eigenvalue weighted by molar-refractivity contribution is 0.254. The highest BCUT2D eigenvalue weighted by atomic mass is 16.5. The van der Waals surface area contributed by atoms with E-state index in [0.717, 1.165) is 219 Å². The summed E-state index contributed by atoms with van der Waals surface area (Å²) in [6.07, 6.45) is 0. The molecule has 12 heterocycles. The molecule has 0 unspecified atom stereocenters. The summed E-state index contributed by atoms with van der Waals surface area (Å²) < 4.78 is 16.1. The van der Waals surface area contributed by atoms with E-state index < -0.39 is 0 Å². The molecule has 146 heavy (non-hydrogen) atoms. The fourth-order valence-corrected chi connectivity index (χ4v) is 16.9. The highest BCUT2D eigenvalue weighted by Gasteiger charge is 2.22. The Kier molecular flexibility index (Phi) is 28.6. The van der Waals surface area contributed by atoms with Gasteiger partial charge < -0.3 is 79.9 Å². The molecule has 0 saturated carbocycles. The molecular weight excluding hydrogens is 1840 g/mol. The molecule has 12 aromatic heterocycles. The SMILES string of the molecule is COc1cc(-c2cc(-c3nc4ccc(C)cc4[nH]3)[nH]n2)cc(CO)c1CO.COc1cc(CO)cc(-c2cc(-c3nc4ccc(C)cc4[nH]3)[nH]n2)c1.COc1cc(CO)ccc1-c1cc(-c2nc3ccc(C)cc3[nH]2)[nH]n1.Cc1ccc2nc(-c3cc(-c4ccc(CO)c(CO)c4)n[nH]3)[nH]c2c1.Cc1ccc2nc(-c3cc(-c4ccc(CO)cc4)n[nH]3)[nH]c2c1.Cc1ccc2nc(-c3cc(-c4ccccc4)n[nH]3)[nH]c2c1. The predicted octanol–water partition coefficient (Wildman–Crippen LogP) is 20.0. The number of methoxy groups -OCH3 is 3. The normalized spacial score (nSPS) is 11.2. The molecule has 732 valence electrons. The number of aromatic nitrogens is 24. The van der Waals surface area contributed by atoms with Crippen LogP contribution in [0.25, 0.3) is 203 Å². The molecule has 0 amide bonds. The van der Waals surface area contributed by atoms with Gasteiger partial charge in [-0.1, -0.05) is 109 Å². The van der Waals surface area contributed by atoms with Crippen molar-refractivity contribution in [1.29, 1.82) is 0 Å². The van der Waals surface area contributed by atoms with Gasteiger partial charge in [-0.3, -0.25) is 30.6 Å². The van der Waals surface area contributed by atoms with E-state index in [9.17, 15) is 30.6 Å². The van der Waals surface area contributed by atoms with Gasteiger partial charge in [-0.25, -0.2) is 29.9 Å². The first-order valence-corrected chi connectivity index (χ1v) is 46.9. The number of nitrogens with one attached hydrogen (secondary N) is 12. The van der Waals surface area contributed by atoms with E-state index >= 15 is 0 Å². The number of aromatic amines is 12. The third-order valence-corrected chi connectivity index (χ3v) is 24.7. The molecule has 0 saturated heterocycles. The smallest absolute Gasteiger partial charge is 0.156 e. The van der Waals surface area contributed by atoms with Crippen LogP contribution >= 0.6 is 0 Å². The van der Waals surface area contributed by atoms with Gasteiger partial charge in [0.2, 0.25) is 0 Å². The largest absolute Gasteiger partial charge is 0.497 e. The van der Waals surface area contributed by atoms with Crippen molar-refractivity contribution >= 4 is 66.2 Å². The lowest BCUT2D eigenvalue weighted by atomic mass is 10.0. The van der Waals surface area contributed by atoms with Crippen molar-refractivity contribution in [3.8, 4) is 154 Å². The molecule has 0 fully saturated rings. The van der Waals surface area contributed by atoms with Crippen LogP contribution in [0.5, 0.6) is 17.2 Å². The maximum atomic E-state index is 9.62. The van der Waals surface area contributed by atoms with Gasteiger partial charge in [0.05, 0.1) is 168 Å². The first-order valence-electron chi connectivity index (χ1n) is 46.9. The molecule has 12 aromatic carbocycles. The summed E-state index contributed by atoms with van der Waals surface area (Å²) in [5.74, 6) is 6.37. The molecule has 0 atom stereocenters. The van der Waals surface area contributed by atoms with E-state index in [-0.39, 0.29) is 46.2 Å². The topological polar surface area (TPSA) is 513 Å². The Labute approximate surface area is 834 Å². The highest BCUT2D eigenvalue weighted by molar-refractivity contribution is 5.87. The Hall–Kier alpha value is -18.2. The van der Waals surface area contributed by atoms with Crippen LogP contribution in [0.2, 0.25) is 0 Å². The van der Waals surface area contributed by atoms with Gasteiger partial charge >= 0.3 is 0 Å². The van der Waals surface area contributed by atoms with Gasteiger partial charge in [0.1, 0.15) is 51.4 Å². The lowest BCUT2D eigenvalue weighted by Crippen LogP contribution is -1.99. The second-order valence-electron chi connectivity index (χ2n) is 35.2. The van der Waals surface area contributed by atoms with Crippen LogP contribution in [0.3, 0.4) is 0 Å². The average molecular weight is 1950 g/mol. The van der Waals surface area contributed by atoms with Crippen LogP contribution in [0.15, 0.2) is 267 Å². The predicted molar refractivity (Wildman–Crippen MR) is 564 cm³/mol. The number of H-pyrrole nitrogens is 12. The monoisotopic (exact) mass is 1940 g/mol. The minimum absolute atomic E-state index is 0.0269. The third-order valence-electron chi connectivity index (χ3n) is 24.7. The molecule has 0 spiro atoms. The summed E-state index contributed by atoms with van der Waals surface area (Å²) in [6.45, 7) is 11.7. The van der Waals surface area contributed by atoms with Crippen molar-refractivity contribution in [3.63, 3.8) is 0 Å². The Balaban J connectivity index is 0.000000111. The molecule has 24 aromatic rings. The summed E-state index contributed by atoms with van der Waals surface area (Å²) in [5.41, 5.74) is 38.8. The Morgan fingerprint density at radius 1 is 0.226 bits per heavy atom. The van der Waals surface area contributed by atoms with Crippen LogP contribution in [0.4, 0.5) is 0 Å². The lowest BCUT2D eigenvalue weighted by Gasteiger charge is -2.12. The third kappa shape index (κ3) is 21.5. The van der Waals surface area contributed by atoms with Crippen LogP contribution in [0, 0.1) is 41.5 Å². The van der Waals surface area contributed by atoms with E-state index in [1.54, 1.807) is 38.5 Å². The van der Waals surface area contributed by atoms with Crippen LogP contribution in [-0.4, -0.2) is 178 Å². The van der Waals surface area contributed by atoms with Gasteiger partial charge in [-0.05, 0) is 266 Å². The summed E-state index contributed by atoms with van der Waals surface area (Å²) in [6, 6.07) is 86.4. The standard InChI is InChI=1S/C20H20N4O3.3C19H18N4O2.C18H16N4O.C17H14N4/c1-11-3-4-15-17(5-11)22-20(21-15)18-8-16(23-24-18)12-6-13(9-25)14(10-26)19(7-12)27-2;1-11-3-6-14-16(7-11)21-19(20-14)17-9-15(22-23-17)13-5-4-12(10-24)8-18(13)25-2;1-11-3-4-15-17(5-11)21-19(20-15)18-9-16(22-23-18)13-6-12(10-24)7-14(8-13)25-2;1-11-2-5-15-17(6-11)21-19(20-15)18-8-16(22-23-18)12-3-4-13(9-24)14(7-12)10-25;1-11-2-7-14-16(8-11)20-18(19-14)17-9-15(21-22-17)13-5-3-12(10-23)4-6-13;1-11-7-8-13-15(9-11)19-17(18-13)16-10-14(20-21-16)12-5-3-2-4-6-12/h3-8,25-26H,9-10H2,1-2H3,(H,21,22)(H,23,24);2*3-9,24H,10H2,1-2H3,(H,20,21)(H,22,23);2-8,24-25H,9-10H2,1H3,(H,20,21)(H,22,23);2-9,23H,10H2,1H3,(H,19,20)(H,21,22);2-10H,1H3,(H,18,19)(H,20,21). The number of ether oxygens (including phenoxy) is 3. The Morgan fingerprint density at radius 3 is 0.897 bits per heavy atom. The molecule has 34 heteroatoms. The Morgan fingerprint density at radius 2 is 0.548 bits per heavy atom. The summed E-state index contributed by atoms with van der Waals surface area (Å²) in [5, 5.41) is 110. The number of rotatable bonds is 22. The van der Waals surface area contributed by atoms with Crippen molar-refractivity contribution in [2.45, 2.75) is 87.8 Å². The minimum Gasteiger partial charge on any atom is -0.497 e. The van der Waals surface area contributed by atoms with E-state index in [2.05, 4.69) is 191 Å². The number of aliphatic hydroxyl groups is 7. The van der Waals surface area contributed by atoms with E-state index in [1.807, 2.05) is 214 Å². The number of fused-ring (bicyclic) bond motifs is 6. The van der Waals surface area contributed by atoms with Gasteiger partial charge in [-0.2, -0.15) is 30.6 Å². The van der Waals surface area contributed by atoms with Gasteiger partial charge in [0.25, 0.3) is 0 Å². The van der Waals surface area contributed by atoms with Gasteiger partial charge in [0, 0.05) is 38.9 Å². The van der Waals surface area contributed by atoms with E-state index in [0.29, 0.717) is 45.5 Å². The van der Waals surface area contributed by atoms with E-state index in [1.165, 1.54) is 34.9 Å². The Bertz CT molecular complexity index is 8670. The molecule has 24 rings (SSSR count). The molecule has 0 aliphatic rings. The molecule has 0 aliphatic carbocycles. The zero-order valence-electron chi connectivity index (χ0n) is 81.1. The number of aryl methyl sites for hydroxylation is 6. The quantitative estimate of drug-likeness (QED) is 0.0300. The molecule has 0 aliphatic heterocycles. The van der Waals surface area contributed by atoms with Crippen LogP contribution in [0.1, 0.15) is 72.3 Å². The summed E-state index contributed by atoms with van der Waals surface area (Å²) in [7, 11) is 4.74. The maximum absolute atomic E-state index is 9.62. The molecular formula is C112H104N24O10. The number of nitrogens with zero attached hydrogens (tertiary/aromatic N) is 12. The average Bonchev–Trinajstić information content (AvgIpc) is 1.64.